The van der Waals surface area contributed by atoms with Crippen LogP contribution in [0.3, 0.4) is 0 Å². The smallest absolute Gasteiger partial charge is 0.343 e. The standard InChI is InChI=1S/C31H36O5S/c1-3-23(2)22-35-30(32)26-14-18-29(19-15-26)36-31(33)27-10-8-24(9-11-27)25-12-16-28(17-13-25)34-20-6-4-5-7-21-37/h8-19,23,37H,3-7,20-22H2,1-2H3. The van der Waals surface area contributed by atoms with Gasteiger partial charge >= 0.3 is 11.9 Å². The Hall–Kier alpha value is -3.25. The van der Waals surface area contributed by atoms with Gasteiger partial charge in [0.1, 0.15) is 11.5 Å². The number of carbonyl (C=O) groups is 2. The number of carbonyl (C=O) groups excluding carboxylic acids is 2. The van der Waals surface area contributed by atoms with E-state index in [0.717, 1.165) is 48.3 Å². The number of esters is 2. The van der Waals surface area contributed by atoms with Crippen LogP contribution in [-0.4, -0.2) is 30.9 Å². The Morgan fingerprint density at radius 2 is 1.27 bits per heavy atom. The summed E-state index contributed by atoms with van der Waals surface area (Å²) in [5, 5.41) is 0. The fourth-order valence-corrected chi connectivity index (χ4v) is 3.77. The monoisotopic (exact) mass is 520 g/mol. The molecule has 0 aromatic heterocycles. The van der Waals surface area contributed by atoms with Crippen LogP contribution >= 0.6 is 12.6 Å². The van der Waals surface area contributed by atoms with E-state index < -0.39 is 5.97 Å². The number of unbranched alkanes of at least 4 members (excludes halogenated alkanes) is 3. The number of hydrogen-bond donors (Lipinski definition) is 1. The molecule has 0 bridgehead atoms. The van der Waals surface area contributed by atoms with Gasteiger partial charge in [-0.2, -0.15) is 12.6 Å². The lowest BCUT2D eigenvalue weighted by Crippen LogP contribution is -2.12. The van der Waals surface area contributed by atoms with Crippen molar-refractivity contribution in [3.05, 3.63) is 83.9 Å². The molecule has 37 heavy (non-hydrogen) atoms. The summed E-state index contributed by atoms with van der Waals surface area (Å²) in [7, 11) is 0. The molecule has 5 nitrogen and oxygen atoms in total. The molecule has 0 radical (unpaired) electrons. The fourth-order valence-electron chi connectivity index (χ4n) is 3.54. The Morgan fingerprint density at radius 3 is 1.89 bits per heavy atom. The predicted octanol–water partition coefficient (Wildman–Crippen LogP) is 7.64. The SMILES string of the molecule is CCC(C)COC(=O)c1ccc(OC(=O)c2ccc(-c3ccc(OCCCCCCS)cc3)cc2)cc1. The second-order valence-corrected chi connectivity index (χ2v) is 9.56. The predicted molar refractivity (Wildman–Crippen MR) is 151 cm³/mol. The van der Waals surface area contributed by atoms with E-state index in [-0.39, 0.29) is 5.97 Å². The lowest BCUT2D eigenvalue weighted by molar-refractivity contribution is 0.0447. The number of rotatable bonds is 14. The first-order chi connectivity index (χ1) is 18.0. The zero-order chi connectivity index (χ0) is 26.5. The van der Waals surface area contributed by atoms with Crippen molar-refractivity contribution in [2.24, 2.45) is 5.92 Å². The van der Waals surface area contributed by atoms with Crippen LogP contribution in [0.5, 0.6) is 11.5 Å². The zero-order valence-electron chi connectivity index (χ0n) is 21.7. The second kappa shape index (κ2) is 15.1. The highest BCUT2D eigenvalue weighted by Gasteiger charge is 2.12. The van der Waals surface area contributed by atoms with Crippen molar-refractivity contribution in [2.75, 3.05) is 19.0 Å². The lowest BCUT2D eigenvalue weighted by Gasteiger charge is -2.10. The van der Waals surface area contributed by atoms with Crippen molar-refractivity contribution in [3.63, 3.8) is 0 Å². The van der Waals surface area contributed by atoms with E-state index in [1.165, 1.54) is 6.42 Å². The van der Waals surface area contributed by atoms with Gasteiger partial charge < -0.3 is 14.2 Å². The highest BCUT2D eigenvalue weighted by molar-refractivity contribution is 7.80. The summed E-state index contributed by atoms with van der Waals surface area (Å²) >= 11 is 4.23. The van der Waals surface area contributed by atoms with Crippen molar-refractivity contribution < 1.29 is 23.8 Å². The molecular weight excluding hydrogens is 484 g/mol. The maximum Gasteiger partial charge on any atom is 0.343 e. The first kappa shape index (κ1) is 28.3. The third kappa shape index (κ3) is 9.29. The van der Waals surface area contributed by atoms with Crippen LogP contribution in [0.2, 0.25) is 0 Å². The van der Waals surface area contributed by atoms with Crippen LogP contribution < -0.4 is 9.47 Å². The maximum absolute atomic E-state index is 12.6. The van der Waals surface area contributed by atoms with Crippen LogP contribution in [0.1, 0.15) is 66.7 Å². The van der Waals surface area contributed by atoms with E-state index in [0.29, 0.717) is 36.0 Å². The summed E-state index contributed by atoms with van der Waals surface area (Å²) in [6.45, 7) is 5.19. The van der Waals surface area contributed by atoms with Gasteiger partial charge in [0.15, 0.2) is 0 Å². The van der Waals surface area contributed by atoms with E-state index in [2.05, 4.69) is 19.6 Å². The third-order valence-electron chi connectivity index (χ3n) is 6.13. The van der Waals surface area contributed by atoms with Gasteiger partial charge in [-0.1, -0.05) is 57.4 Å². The van der Waals surface area contributed by atoms with Crippen molar-refractivity contribution in [1.29, 1.82) is 0 Å². The summed E-state index contributed by atoms with van der Waals surface area (Å²) < 4.78 is 16.6. The van der Waals surface area contributed by atoms with E-state index in [4.69, 9.17) is 14.2 Å². The molecule has 0 saturated carbocycles. The van der Waals surface area contributed by atoms with Gasteiger partial charge in [-0.15, -0.1) is 0 Å². The average molecular weight is 521 g/mol. The van der Waals surface area contributed by atoms with Crippen molar-refractivity contribution in [1.82, 2.24) is 0 Å². The number of thiol groups is 1. The molecule has 3 rings (SSSR count). The van der Waals surface area contributed by atoms with Crippen molar-refractivity contribution in [3.8, 4) is 22.6 Å². The molecule has 0 aliphatic carbocycles. The van der Waals surface area contributed by atoms with Gasteiger partial charge in [-0.05, 0) is 84.2 Å². The number of hydrogen-bond acceptors (Lipinski definition) is 6. The Labute approximate surface area is 225 Å². The van der Waals surface area contributed by atoms with Crippen LogP contribution in [0.15, 0.2) is 72.8 Å². The first-order valence-corrected chi connectivity index (χ1v) is 13.6. The van der Waals surface area contributed by atoms with Gasteiger partial charge in [0.05, 0.1) is 24.3 Å². The van der Waals surface area contributed by atoms with E-state index in [1.807, 2.05) is 43.3 Å². The molecule has 6 heteroatoms. The Bertz CT molecular complexity index is 1110. The zero-order valence-corrected chi connectivity index (χ0v) is 22.5. The summed E-state index contributed by atoms with van der Waals surface area (Å²) in [4.78, 5) is 24.7. The summed E-state index contributed by atoms with van der Waals surface area (Å²) in [6.07, 6.45) is 5.49. The Morgan fingerprint density at radius 1 is 0.730 bits per heavy atom. The van der Waals surface area contributed by atoms with E-state index >= 15 is 0 Å². The molecule has 0 aliphatic heterocycles. The molecule has 196 valence electrons. The molecule has 1 unspecified atom stereocenters. The Balaban J connectivity index is 1.49. The molecule has 0 saturated heterocycles. The van der Waals surface area contributed by atoms with Gasteiger partial charge in [0, 0.05) is 0 Å². The molecule has 0 fully saturated rings. The highest BCUT2D eigenvalue weighted by atomic mass is 32.1. The van der Waals surface area contributed by atoms with Crippen LogP contribution in [-0.2, 0) is 4.74 Å². The molecule has 3 aromatic carbocycles. The minimum absolute atomic E-state index is 0.317. The average Bonchev–Trinajstić information content (AvgIpc) is 2.94. The van der Waals surface area contributed by atoms with E-state index in [9.17, 15) is 9.59 Å². The van der Waals surface area contributed by atoms with Crippen LogP contribution in [0.25, 0.3) is 11.1 Å². The molecule has 0 spiro atoms. The van der Waals surface area contributed by atoms with Gasteiger partial charge in [-0.3, -0.25) is 0 Å². The van der Waals surface area contributed by atoms with Gasteiger partial charge in [-0.25, -0.2) is 9.59 Å². The van der Waals surface area contributed by atoms with Crippen molar-refractivity contribution in [2.45, 2.75) is 46.0 Å². The topological polar surface area (TPSA) is 61.8 Å². The summed E-state index contributed by atoms with van der Waals surface area (Å²) in [6, 6.07) is 21.6. The molecule has 0 N–H and O–H groups in total. The van der Waals surface area contributed by atoms with Crippen molar-refractivity contribution >= 4 is 24.6 Å². The second-order valence-electron chi connectivity index (χ2n) is 9.11. The normalized spacial score (nSPS) is 11.5. The molecular formula is C31H36O5S. The minimum Gasteiger partial charge on any atom is -0.494 e. The largest absolute Gasteiger partial charge is 0.494 e. The minimum atomic E-state index is -0.461. The fraction of sp³-hybridized carbons (Fsp3) is 0.355. The molecule has 1 atom stereocenters. The van der Waals surface area contributed by atoms with Crippen LogP contribution in [0, 0.1) is 5.92 Å². The summed E-state index contributed by atoms with van der Waals surface area (Å²) in [5.74, 6) is 1.64. The summed E-state index contributed by atoms with van der Waals surface area (Å²) in [5.41, 5.74) is 2.90. The molecule has 0 aliphatic rings. The highest BCUT2D eigenvalue weighted by Crippen LogP contribution is 2.24. The number of benzene rings is 3. The van der Waals surface area contributed by atoms with Gasteiger partial charge in [0.25, 0.3) is 0 Å². The Kier molecular flexibility index (Phi) is 11.6. The van der Waals surface area contributed by atoms with Crippen LogP contribution in [0.4, 0.5) is 0 Å². The molecule has 0 heterocycles. The quantitative estimate of drug-likeness (QED) is 0.102. The maximum atomic E-state index is 12.6. The molecule has 0 amide bonds. The van der Waals surface area contributed by atoms with Gasteiger partial charge in [0.2, 0.25) is 0 Å². The molecule has 3 aromatic rings. The third-order valence-corrected chi connectivity index (χ3v) is 6.44. The lowest BCUT2D eigenvalue weighted by atomic mass is 10.0. The first-order valence-electron chi connectivity index (χ1n) is 12.9. The number of ether oxygens (including phenoxy) is 3. The van der Waals surface area contributed by atoms with E-state index in [1.54, 1.807) is 36.4 Å².